The third-order valence-electron chi connectivity index (χ3n) is 6.75. The molecular formula is C31H36BN6O7. The highest BCUT2D eigenvalue weighted by atomic mass is 16.4. The average molecular weight is 615 g/mol. The van der Waals surface area contributed by atoms with E-state index in [-0.39, 0.29) is 38.6 Å². The zero-order chi connectivity index (χ0) is 32.8. The lowest BCUT2D eigenvalue weighted by molar-refractivity contribution is -0.142. The Labute approximate surface area is 260 Å². The summed E-state index contributed by atoms with van der Waals surface area (Å²) in [5, 5.41) is 32.7. The average Bonchev–Trinajstić information content (AvgIpc) is 3.43. The predicted molar refractivity (Wildman–Crippen MR) is 167 cm³/mol. The second-order valence-electron chi connectivity index (χ2n) is 10.6. The maximum absolute atomic E-state index is 13.8. The Morgan fingerprint density at radius 2 is 1.47 bits per heavy atom. The Morgan fingerprint density at radius 3 is 2.09 bits per heavy atom. The molecule has 2 aromatic carbocycles. The van der Waals surface area contributed by atoms with Gasteiger partial charge < -0.3 is 36.1 Å². The van der Waals surface area contributed by atoms with E-state index >= 15 is 0 Å². The van der Waals surface area contributed by atoms with Crippen LogP contribution in [-0.4, -0.2) is 79.6 Å². The van der Waals surface area contributed by atoms with E-state index in [9.17, 15) is 24.3 Å². The molecule has 0 bridgehead atoms. The summed E-state index contributed by atoms with van der Waals surface area (Å²) in [6, 6.07) is 13.4. The number of H-pyrrole nitrogens is 1. The van der Waals surface area contributed by atoms with Gasteiger partial charge in [-0.2, -0.15) is 0 Å². The van der Waals surface area contributed by atoms with Crippen LogP contribution < -0.4 is 16.0 Å². The topological polar surface area (TPSA) is 207 Å². The third-order valence-corrected chi connectivity index (χ3v) is 6.75. The summed E-state index contributed by atoms with van der Waals surface area (Å²) in [4.78, 5) is 63.3. The summed E-state index contributed by atoms with van der Waals surface area (Å²) in [5.74, 6) is -2.99. The number of carboxylic acid groups (broad SMARTS) is 1. The van der Waals surface area contributed by atoms with E-state index in [0.29, 0.717) is 0 Å². The Kier molecular flexibility index (Phi) is 13.2. The van der Waals surface area contributed by atoms with Gasteiger partial charge in [-0.15, -0.1) is 0 Å². The standard InChI is InChI=1S/C31H34N6O5.BH2O2/c1-19(2)14-26(31(41)42)37-29(39)25(16-21-17-34-23-11-7-6-10-22(21)23)36-28(38)24(15-20-8-4-3-5-9-20)35-30(40)27-18-32-12-13-33-27;2-1-3/h3-13,17-19,24-26,34H,14-16H2,1-2H3,(H,35,40)(H,36,38)(H,37,39)(H,41,42);2-3H/t24-,25-,26-;/m0./s1. The van der Waals surface area contributed by atoms with Gasteiger partial charge in [0.1, 0.15) is 23.8 Å². The number of aromatic amines is 1. The normalized spacial score (nSPS) is 12.6. The van der Waals surface area contributed by atoms with Crippen LogP contribution in [0, 0.1) is 5.92 Å². The number of nitrogens with zero attached hydrogens (tertiary/aromatic N) is 2. The van der Waals surface area contributed by atoms with Crippen molar-refractivity contribution in [2.24, 2.45) is 5.92 Å². The summed E-state index contributed by atoms with van der Waals surface area (Å²) in [6.07, 6.45) is 6.32. The summed E-state index contributed by atoms with van der Waals surface area (Å²) in [7, 11) is 0. The lowest BCUT2D eigenvalue weighted by Gasteiger charge is -2.25. The minimum atomic E-state index is -1.16. The molecule has 235 valence electrons. The molecule has 13 nitrogen and oxygen atoms in total. The van der Waals surface area contributed by atoms with Gasteiger partial charge in [0.05, 0.1) is 6.20 Å². The first kappa shape index (κ1) is 34.4. The highest BCUT2D eigenvalue weighted by Gasteiger charge is 2.31. The molecule has 0 aliphatic carbocycles. The largest absolute Gasteiger partial charge is 0.482 e. The van der Waals surface area contributed by atoms with Gasteiger partial charge in [-0.3, -0.25) is 19.4 Å². The lowest BCUT2D eigenvalue weighted by atomic mass is 10.0. The van der Waals surface area contributed by atoms with Crippen molar-refractivity contribution in [3.05, 3.63) is 96.2 Å². The number of carboxylic acids is 1. The van der Waals surface area contributed by atoms with E-state index in [1.165, 1.54) is 18.6 Å². The Hall–Kier alpha value is -5.08. The number of rotatable bonds is 13. The fourth-order valence-corrected chi connectivity index (χ4v) is 4.67. The Morgan fingerprint density at radius 1 is 0.844 bits per heavy atom. The van der Waals surface area contributed by atoms with Crippen LogP contribution in [0.4, 0.5) is 0 Å². The molecule has 2 aromatic heterocycles. The van der Waals surface area contributed by atoms with E-state index in [4.69, 9.17) is 10.0 Å². The molecule has 0 aliphatic heterocycles. The number of amides is 3. The Bertz CT molecular complexity index is 1550. The molecule has 2 heterocycles. The number of hydrogen-bond acceptors (Lipinski definition) is 8. The summed E-state index contributed by atoms with van der Waals surface area (Å²) in [5.41, 5.74) is 2.46. The van der Waals surface area contributed by atoms with Crippen LogP contribution in [0.15, 0.2) is 79.4 Å². The fourth-order valence-electron chi connectivity index (χ4n) is 4.67. The van der Waals surface area contributed by atoms with Crippen LogP contribution in [0.5, 0.6) is 0 Å². The van der Waals surface area contributed by atoms with Gasteiger partial charge in [0.2, 0.25) is 11.8 Å². The van der Waals surface area contributed by atoms with Gasteiger partial charge in [0.25, 0.3) is 5.91 Å². The fraction of sp³-hybridized carbons (Fsp3) is 0.290. The van der Waals surface area contributed by atoms with E-state index < -0.39 is 41.8 Å². The number of fused-ring (bicyclic) bond motifs is 1. The molecule has 0 spiro atoms. The minimum absolute atomic E-state index is 0. The van der Waals surface area contributed by atoms with Crippen LogP contribution in [-0.2, 0) is 27.2 Å². The maximum atomic E-state index is 13.8. The minimum Gasteiger partial charge on any atom is -0.480 e. The van der Waals surface area contributed by atoms with Gasteiger partial charge in [-0.05, 0) is 29.5 Å². The van der Waals surface area contributed by atoms with Gasteiger partial charge in [0, 0.05) is 42.3 Å². The molecule has 4 aromatic rings. The molecule has 7 N–H and O–H groups in total. The van der Waals surface area contributed by atoms with Crippen molar-refractivity contribution in [2.45, 2.75) is 51.2 Å². The molecule has 3 amide bonds. The molecule has 0 unspecified atom stereocenters. The van der Waals surface area contributed by atoms with Crippen molar-refractivity contribution in [3.63, 3.8) is 0 Å². The van der Waals surface area contributed by atoms with Gasteiger partial charge >= 0.3 is 13.7 Å². The number of carbonyl (C=O) groups excluding carboxylic acids is 3. The number of nitrogens with one attached hydrogen (secondary N) is 4. The zero-order valence-corrected chi connectivity index (χ0v) is 24.9. The first-order valence-electron chi connectivity index (χ1n) is 14.2. The number of aliphatic carboxylic acids is 1. The van der Waals surface area contributed by atoms with E-state index in [1.807, 2.05) is 68.4 Å². The quantitative estimate of drug-likeness (QED) is 0.108. The predicted octanol–water partition coefficient (Wildman–Crippen LogP) is 1.15. The van der Waals surface area contributed by atoms with Crippen LogP contribution in [0.3, 0.4) is 0 Å². The number of aromatic nitrogens is 3. The van der Waals surface area contributed by atoms with Crippen LogP contribution >= 0.6 is 0 Å². The van der Waals surface area contributed by atoms with E-state index in [2.05, 4.69) is 30.9 Å². The molecular weight excluding hydrogens is 579 g/mol. The van der Waals surface area contributed by atoms with E-state index in [0.717, 1.165) is 22.0 Å². The van der Waals surface area contributed by atoms with Crippen molar-refractivity contribution in [1.82, 2.24) is 30.9 Å². The van der Waals surface area contributed by atoms with Crippen molar-refractivity contribution < 1.29 is 34.3 Å². The molecule has 3 atom stereocenters. The number of hydrogen-bond donors (Lipinski definition) is 7. The molecule has 1 radical (unpaired) electrons. The third kappa shape index (κ3) is 10.6. The number of carbonyl (C=O) groups is 4. The second kappa shape index (κ2) is 17.3. The van der Waals surface area contributed by atoms with E-state index in [1.54, 1.807) is 6.20 Å². The van der Waals surface area contributed by atoms with Crippen molar-refractivity contribution in [1.29, 1.82) is 0 Å². The molecule has 0 saturated heterocycles. The molecule has 0 fully saturated rings. The highest BCUT2D eigenvalue weighted by molar-refractivity contribution is 6.13. The Balaban J connectivity index is 0.00000177. The molecule has 4 rings (SSSR count). The lowest BCUT2D eigenvalue weighted by Crippen LogP contribution is -2.57. The van der Waals surface area contributed by atoms with Crippen LogP contribution in [0.25, 0.3) is 10.9 Å². The monoisotopic (exact) mass is 615 g/mol. The molecule has 0 aliphatic rings. The number of para-hydroxylation sites is 1. The maximum Gasteiger partial charge on any atom is 0.482 e. The van der Waals surface area contributed by atoms with Crippen LogP contribution in [0.2, 0.25) is 0 Å². The smallest absolute Gasteiger partial charge is 0.480 e. The highest BCUT2D eigenvalue weighted by Crippen LogP contribution is 2.20. The first-order valence-corrected chi connectivity index (χ1v) is 14.2. The first-order chi connectivity index (χ1) is 21.6. The summed E-state index contributed by atoms with van der Waals surface area (Å²) < 4.78 is 0. The SMILES string of the molecule is CC(C)C[C@H](NC(=O)[C@H](Cc1c[nH]c2ccccc12)NC(=O)[C@H](Cc1ccccc1)NC(=O)c1cnccn1)C(=O)O.O[B]O. The summed E-state index contributed by atoms with van der Waals surface area (Å²) in [6.45, 7) is 3.72. The van der Waals surface area contributed by atoms with Gasteiger partial charge in [-0.1, -0.05) is 62.4 Å². The molecule has 45 heavy (non-hydrogen) atoms. The summed E-state index contributed by atoms with van der Waals surface area (Å²) >= 11 is 0. The van der Waals surface area contributed by atoms with Crippen molar-refractivity contribution in [3.8, 4) is 0 Å². The van der Waals surface area contributed by atoms with Gasteiger partial charge in [0.15, 0.2) is 0 Å². The van der Waals surface area contributed by atoms with Gasteiger partial charge in [-0.25, -0.2) is 9.78 Å². The number of benzene rings is 2. The van der Waals surface area contributed by atoms with Crippen LogP contribution in [0.1, 0.15) is 41.9 Å². The van der Waals surface area contributed by atoms with Crippen molar-refractivity contribution in [2.75, 3.05) is 0 Å². The second-order valence-corrected chi connectivity index (χ2v) is 10.6. The molecule has 0 saturated carbocycles. The zero-order valence-electron chi connectivity index (χ0n) is 24.9. The molecule has 14 heteroatoms. The van der Waals surface area contributed by atoms with Crippen molar-refractivity contribution >= 4 is 42.3 Å².